The Bertz CT molecular complexity index is 1250. The van der Waals surface area contributed by atoms with Crippen molar-refractivity contribution in [2.45, 2.75) is 63.6 Å². The van der Waals surface area contributed by atoms with Crippen LogP contribution in [0.15, 0.2) is 47.4 Å². The molecule has 0 fully saturated rings. The molecule has 0 unspecified atom stereocenters. The largest absolute Gasteiger partial charge is 0.352 e. The maximum atomic E-state index is 13.5. The number of amides is 3. The van der Waals surface area contributed by atoms with Crippen LogP contribution in [-0.2, 0) is 26.2 Å². The molecule has 2 aromatic carbocycles. The van der Waals surface area contributed by atoms with E-state index >= 15 is 0 Å². The number of hydrogen-bond acceptors (Lipinski definition) is 5. The number of rotatable bonds is 10. The number of sulfonamides is 1. The van der Waals surface area contributed by atoms with Crippen LogP contribution in [0.5, 0.6) is 0 Å². The first-order chi connectivity index (χ1) is 17.0. The summed E-state index contributed by atoms with van der Waals surface area (Å²) in [6.45, 7) is 5.17. The van der Waals surface area contributed by atoms with Gasteiger partial charge in [-0.15, -0.1) is 0 Å². The zero-order valence-electron chi connectivity index (χ0n) is 20.3. The predicted octanol–water partition coefficient (Wildman–Crippen LogP) is 4.25. The smallest absolute Gasteiger partial charge is 0.269 e. The lowest BCUT2D eigenvalue weighted by Crippen LogP contribution is -2.51. The second-order valence-electron chi connectivity index (χ2n) is 8.59. The van der Waals surface area contributed by atoms with Gasteiger partial charge in [-0.05, 0) is 44.0 Å². The summed E-state index contributed by atoms with van der Waals surface area (Å²) in [6, 6.07) is 9.93. The molecule has 2 atom stereocenters. The molecule has 0 saturated heterocycles. The molecule has 194 valence electrons. The zero-order valence-corrected chi connectivity index (χ0v) is 22.7. The van der Waals surface area contributed by atoms with Crippen molar-refractivity contribution in [3.8, 4) is 0 Å². The van der Waals surface area contributed by atoms with Gasteiger partial charge in [-0.25, -0.2) is 12.7 Å². The van der Waals surface area contributed by atoms with Crippen molar-refractivity contribution in [2.75, 3.05) is 6.54 Å². The fourth-order valence-corrected chi connectivity index (χ4v) is 6.09. The Kier molecular flexibility index (Phi) is 9.03. The first-order valence-electron chi connectivity index (χ1n) is 11.7. The fraction of sp³-hybridized carbons (Fsp3) is 0.400. The molecular weight excluding hydrogens is 525 g/mol. The standard InChI is InChI=1S/C25H29Cl2N3O5S/c1-4-16(3)28-24(32)21(5-2)29(15-18-19(26)10-8-11-20(18)27)23(31)13-14-30-25(33)17-9-6-7-12-22(17)36(30,34)35/h6-12,16,21H,4-5,13-15H2,1-3H3,(H,28,32)/t16-,21+/m0/s1. The van der Waals surface area contributed by atoms with Gasteiger partial charge in [-0.1, -0.05) is 55.2 Å². The third-order valence-electron chi connectivity index (χ3n) is 6.22. The number of nitrogens with one attached hydrogen (secondary N) is 1. The summed E-state index contributed by atoms with van der Waals surface area (Å²) >= 11 is 12.7. The number of benzene rings is 2. The van der Waals surface area contributed by atoms with E-state index in [0.717, 1.165) is 0 Å². The number of halogens is 2. The summed E-state index contributed by atoms with van der Waals surface area (Å²) in [7, 11) is -4.06. The summed E-state index contributed by atoms with van der Waals surface area (Å²) in [5.74, 6) is -1.52. The lowest BCUT2D eigenvalue weighted by atomic mass is 10.1. The van der Waals surface area contributed by atoms with Gasteiger partial charge in [0.15, 0.2) is 0 Å². The Morgan fingerprint density at radius 1 is 1.03 bits per heavy atom. The highest BCUT2D eigenvalue weighted by molar-refractivity contribution is 7.90. The van der Waals surface area contributed by atoms with Crippen LogP contribution in [0, 0.1) is 0 Å². The Morgan fingerprint density at radius 3 is 2.25 bits per heavy atom. The van der Waals surface area contributed by atoms with Crippen LogP contribution in [0.25, 0.3) is 0 Å². The SMILES string of the molecule is CC[C@H](C(=O)N[C@@H](C)CC)N(Cc1c(Cl)cccc1Cl)C(=O)CCN1C(=O)c2ccccc2S1(=O)=O. The van der Waals surface area contributed by atoms with Crippen LogP contribution in [0.3, 0.4) is 0 Å². The minimum Gasteiger partial charge on any atom is -0.352 e. The molecule has 1 aliphatic heterocycles. The second-order valence-corrected chi connectivity index (χ2v) is 11.2. The highest BCUT2D eigenvalue weighted by Gasteiger charge is 2.41. The first kappa shape index (κ1) is 28.0. The van der Waals surface area contributed by atoms with Gasteiger partial charge in [-0.3, -0.25) is 14.4 Å². The molecule has 0 radical (unpaired) electrons. The van der Waals surface area contributed by atoms with Gasteiger partial charge in [0.2, 0.25) is 11.8 Å². The van der Waals surface area contributed by atoms with Crippen molar-refractivity contribution in [2.24, 2.45) is 0 Å². The molecule has 0 saturated carbocycles. The molecule has 8 nitrogen and oxygen atoms in total. The van der Waals surface area contributed by atoms with Gasteiger partial charge in [0.05, 0.1) is 5.56 Å². The summed E-state index contributed by atoms with van der Waals surface area (Å²) in [4.78, 5) is 40.6. The van der Waals surface area contributed by atoms with Crippen LogP contribution in [0.1, 0.15) is 56.0 Å². The molecule has 3 rings (SSSR count). The molecule has 1 aliphatic rings. The quantitative estimate of drug-likeness (QED) is 0.473. The topological polar surface area (TPSA) is 104 Å². The van der Waals surface area contributed by atoms with E-state index < -0.39 is 27.9 Å². The van der Waals surface area contributed by atoms with Gasteiger partial charge in [0.1, 0.15) is 10.9 Å². The molecule has 1 N–H and O–H groups in total. The number of fused-ring (bicyclic) bond motifs is 1. The maximum Gasteiger partial charge on any atom is 0.269 e. The average Bonchev–Trinajstić information content (AvgIpc) is 3.04. The maximum absolute atomic E-state index is 13.5. The van der Waals surface area contributed by atoms with E-state index in [2.05, 4.69) is 5.32 Å². The molecular formula is C25H29Cl2N3O5S. The van der Waals surface area contributed by atoms with E-state index in [1.54, 1.807) is 31.2 Å². The van der Waals surface area contributed by atoms with Crippen molar-refractivity contribution in [1.82, 2.24) is 14.5 Å². The van der Waals surface area contributed by atoms with Gasteiger partial charge >= 0.3 is 0 Å². The Labute approximate surface area is 221 Å². The van der Waals surface area contributed by atoms with Crippen molar-refractivity contribution in [3.05, 3.63) is 63.6 Å². The van der Waals surface area contributed by atoms with E-state index in [9.17, 15) is 22.8 Å². The van der Waals surface area contributed by atoms with Crippen LogP contribution in [0.2, 0.25) is 10.0 Å². The molecule has 11 heteroatoms. The van der Waals surface area contributed by atoms with Crippen molar-refractivity contribution in [1.29, 1.82) is 0 Å². The third-order valence-corrected chi connectivity index (χ3v) is 8.77. The molecule has 0 aliphatic carbocycles. The normalized spacial score (nSPS) is 15.8. The van der Waals surface area contributed by atoms with Crippen LogP contribution >= 0.6 is 23.2 Å². The van der Waals surface area contributed by atoms with Gasteiger partial charge in [0, 0.05) is 41.2 Å². The second kappa shape index (κ2) is 11.6. The summed E-state index contributed by atoms with van der Waals surface area (Å²) in [5, 5.41) is 3.58. The zero-order chi connectivity index (χ0) is 26.6. The number of carbonyl (C=O) groups is 3. The van der Waals surface area contributed by atoms with Crippen molar-refractivity contribution >= 4 is 50.9 Å². The number of hydrogen-bond donors (Lipinski definition) is 1. The molecule has 0 bridgehead atoms. The van der Waals surface area contributed by atoms with Gasteiger partial charge < -0.3 is 10.2 Å². The minimum absolute atomic E-state index is 0.0509. The van der Waals surface area contributed by atoms with E-state index in [1.165, 1.54) is 23.1 Å². The predicted molar refractivity (Wildman–Crippen MR) is 138 cm³/mol. The molecule has 0 spiro atoms. The van der Waals surface area contributed by atoms with E-state index in [-0.39, 0.29) is 41.9 Å². The van der Waals surface area contributed by atoms with Crippen LogP contribution in [-0.4, -0.2) is 54.0 Å². The lowest BCUT2D eigenvalue weighted by molar-refractivity contribution is -0.141. The number of nitrogens with zero attached hydrogens (tertiary/aromatic N) is 2. The minimum atomic E-state index is -4.06. The fourth-order valence-electron chi connectivity index (χ4n) is 4.01. The summed E-state index contributed by atoms with van der Waals surface area (Å²) < 4.78 is 26.5. The average molecular weight is 554 g/mol. The molecule has 1 heterocycles. The Hall–Kier alpha value is -2.62. The highest BCUT2D eigenvalue weighted by atomic mass is 35.5. The summed E-state index contributed by atoms with van der Waals surface area (Å²) in [5.41, 5.74) is 0.547. The van der Waals surface area contributed by atoms with Crippen molar-refractivity contribution < 1.29 is 22.8 Å². The van der Waals surface area contributed by atoms with E-state index in [1.807, 2.05) is 13.8 Å². The monoisotopic (exact) mass is 553 g/mol. The lowest BCUT2D eigenvalue weighted by Gasteiger charge is -2.32. The van der Waals surface area contributed by atoms with Crippen LogP contribution in [0.4, 0.5) is 0 Å². The van der Waals surface area contributed by atoms with Crippen LogP contribution < -0.4 is 5.32 Å². The third kappa shape index (κ3) is 5.68. The Balaban J connectivity index is 1.88. The molecule has 2 aromatic rings. The first-order valence-corrected chi connectivity index (χ1v) is 13.9. The van der Waals surface area contributed by atoms with Crippen molar-refractivity contribution in [3.63, 3.8) is 0 Å². The van der Waals surface area contributed by atoms with E-state index in [0.29, 0.717) is 32.8 Å². The molecule has 36 heavy (non-hydrogen) atoms. The van der Waals surface area contributed by atoms with E-state index in [4.69, 9.17) is 23.2 Å². The Morgan fingerprint density at radius 2 is 1.67 bits per heavy atom. The number of carbonyl (C=O) groups excluding carboxylic acids is 3. The van der Waals surface area contributed by atoms with Gasteiger partial charge in [0.25, 0.3) is 15.9 Å². The molecule has 0 aromatic heterocycles. The summed E-state index contributed by atoms with van der Waals surface area (Å²) in [6.07, 6.45) is 0.707. The highest BCUT2D eigenvalue weighted by Crippen LogP contribution is 2.31. The van der Waals surface area contributed by atoms with Gasteiger partial charge in [-0.2, -0.15) is 0 Å². The molecule has 3 amide bonds.